The Hall–Kier alpha value is -0.830. The van der Waals surface area contributed by atoms with E-state index >= 15 is 0 Å². The third-order valence-electron chi connectivity index (χ3n) is 1.50. The molecule has 2 heterocycles. The lowest BCUT2D eigenvalue weighted by atomic mass is 10.5. The summed E-state index contributed by atoms with van der Waals surface area (Å²) in [6, 6.07) is 0. The van der Waals surface area contributed by atoms with Gasteiger partial charge in [0, 0.05) is 24.8 Å². The molecule has 3 heteroatoms. The Bertz CT molecular complexity index is 203. The van der Waals surface area contributed by atoms with Gasteiger partial charge in [-0.05, 0) is 12.2 Å². The molecule has 0 radical (unpaired) electrons. The van der Waals surface area contributed by atoms with Crippen molar-refractivity contribution in [3.8, 4) is 0 Å². The molecular formula is C8H8N2S. The average Bonchev–Trinajstić information content (AvgIpc) is 2.60. The van der Waals surface area contributed by atoms with E-state index in [-0.39, 0.29) is 0 Å². The predicted molar refractivity (Wildman–Crippen MR) is 50.4 cm³/mol. The van der Waals surface area contributed by atoms with Crippen LogP contribution in [0.15, 0.2) is 34.5 Å². The lowest BCUT2D eigenvalue weighted by molar-refractivity contribution is 1.53. The van der Waals surface area contributed by atoms with E-state index < -0.39 is 0 Å². The van der Waals surface area contributed by atoms with Crippen LogP contribution in [0.3, 0.4) is 0 Å². The second-order valence-corrected chi connectivity index (χ2v) is 3.71. The molecule has 2 aliphatic rings. The average molecular weight is 164 g/mol. The Balaban J connectivity index is 1.90. The molecule has 0 aromatic heterocycles. The van der Waals surface area contributed by atoms with Gasteiger partial charge in [0.05, 0.1) is 10.5 Å². The molecule has 0 bridgehead atoms. The van der Waals surface area contributed by atoms with Crippen molar-refractivity contribution in [2.75, 3.05) is 0 Å². The quantitative estimate of drug-likeness (QED) is 0.609. The number of aliphatic imine (C=N–C) groups is 2. The number of hydrogen-bond donors (Lipinski definition) is 0. The lowest BCUT2D eigenvalue weighted by Gasteiger charge is -2.05. The highest BCUT2D eigenvalue weighted by Crippen LogP contribution is 2.21. The molecule has 0 amide bonds. The Morgan fingerprint density at radius 2 is 1.45 bits per heavy atom. The van der Waals surface area contributed by atoms with Crippen LogP contribution in [0.5, 0.6) is 0 Å². The topological polar surface area (TPSA) is 24.7 Å². The zero-order valence-electron chi connectivity index (χ0n) is 5.92. The molecule has 56 valence electrons. The minimum atomic E-state index is 0.439. The molecule has 0 saturated carbocycles. The van der Waals surface area contributed by atoms with Crippen LogP contribution in [0.4, 0.5) is 0 Å². The molecule has 0 aromatic carbocycles. The van der Waals surface area contributed by atoms with E-state index in [1.807, 2.05) is 36.6 Å². The maximum atomic E-state index is 4.01. The van der Waals surface area contributed by atoms with Crippen LogP contribution in [0.2, 0.25) is 0 Å². The summed E-state index contributed by atoms with van der Waals surface area (Å²) in [7, 11) is 0. The summed E-state index contributed by atoms with van der Waals surface area (Å²) in [5, 5.41) is 0.878. The van der Waals surface area contributed by atoms with E-state index in [2.05, 4.69) is 22.1 Å². The molecule has 11 heavy (non-hydrogen) atoms. The minimum absolute atomic E-state index is 0.439. The van der Waals surface area contributed by atoms with Crippen molar-refractivity contribution in [2.24, 2.45) is 9.98 Å². The minimum Gasteiger partial charge on any atom is -0.268 e. The maximum Gasteiger partial charge on any atom is 0.0607 e. The first-order chi connectivity index (χ1) is 5.45. The zero-order chi connectivity index (χ0) is 7.52. The summed E-state index contributed by atoms with van der Waals surface area (Å²) < 4.78 is 0. The first kappa shape index (κ1) is 6.85. The van der Waals surface area contributed by atoms with Crippen LogP contribution in [-0.4, -0.2) is 22.9 Å². The van der Waals surface area contributed by atoms with Gasteiger partial charge in [-0.2, -0.15) is 0 Å². The summed E-state index contributed by atoms with van der Waals surface area (Å²) in [5.74, 6) is 0. The lowest BCUT2D eigenvalue weighted by Crippen LogP contribution is -2.05. The molecule has 2 atom stereocenters. The molecule has 2 rings (SSSR count). The van der Waals surface area contributed by atoms with E-state index in [9.17, 15) is 0 Å². The van der Waals surface area contributed by atoms with Crippen molar-refractivity contribution in [1.29, 1.82) is 0 Å². The van der Waals surface area contributed by atoms with Gasteiger partial charge in [0.2, 0.25) is 0 Å². The van der Waals surface area contributed by atoms with Gasteiger partial charge in [-0.1, -0.05) is 0 Å². The second kappa shape index (κ2) is 3.05. The SMILES string of the molecule is C1=CC(SC2C=CN=C2)C=N1. The van der Waals surface area contributed by atoms with Crippen LogP contribution >= 0.6 is 11.8 Å². The smallest absolute Gasteiger partial charge is 0.0607 e. The normalized spacial score (nSPS) is 32.4. The van der Waals surface area contributed by atoms with Crippen molar-refractivity contribution in [3.63, 3.8) is 0 Å². The third-order valence-corrected chi connectivity index (χ3v) is 2.69. The fourth-order valence-electron chi connectivity index (χ4n) is 0.980. The number of hydrogen-bond acceptors (Lipinski definition) is 3. The van der Waals surface area contributed by atoms with Gasteiger partial charge < -0.3 is 0 Å². The molecule has 2 unspecified atom stereocenters. The van der Waals surface area contributed by atoms with Gasteiger partial charge in [-0.25, -0.2) is 0 Å². The van der Waals surface area contributed by atoms with Crippen LogP contribution in [0.25, 0.3) is 0 Å². The first-order valence-corrected chi connectivity index (χ1v) is 4.45. The van der Waals surface area contributed by atoms with Crippen molar-refractivity contribution < 1.29 is 0 Å². The van der Waals surface area contributed by atoms with Crippen molar-refractivity contribution in [3.05, 3.63) is 24.6 Å². The van der Waals surface area contributed by atoms with Gasteiger partial charge in [0.25, 0.3) is 0 Å². The Morgan fingerprint density at radius 1 is 0.909 bits per heavy atom. The highest BCUT2D eigenvalue weighted by molar-refractivity contribution is 8.02. The Morgan fingerprint density at radius 3 is 1.82 bits per heavy atom. The molecule has 0 spiro atoms. The fourth-order valence-corrected chi connectivity index (χ4v) is 1.95. The van der Waals surface area contributed by atoms with E-state index in [1.165, 1.54) is 0 Å². The molecule has 0 fully saturated rings. The van der Waals surface area contributed by atoms with Crippen LogP contribution in [0.1, 0.15) is 0 Å². The second-order valence-electron chi connectivity index (χ2n) is 2.34. The van der Waals surface area contributed by atoms with E-state index in [1.54, 1.807) is 0 Å². The first-order valence-electron chi connectivity index (χ1n) is 3.50. The molecular weight excluding hydrogens is 156 g/mol. The van der Waals surface area contributed by atoms with Crippen LogP contribution in [-0.2, 0) is 0 Å². The van der Waals surface area contributed by atoms with Gasteiger partial charge in [-0.3, -0.25) is 9.98 Å². The van der Waals surface area contributed by atoms with Crippen LogP contribution in [0, 0.1) is 0 Å². The van der Waals surface area contributed by atoms with Crippen molar-refractivity contribution in [1.82, 2.24) is 0 Å². The maximum absolute atomic E-state index is 4.01. The van der Waals surface area contributed by atoms with Crippen molar-refractivity contribution in [2.45, 2.75) is 10.5 Å². The number of rotatable bonds is 2. The molecule has 2 aliphatic heterocycles. The van der Waals surface area contributed by atoms with Gasteiger partial charge in [0.1, 0.15) is 0 Å². The van der Waals surface area contributed by atoms with E-state index in [4.69, 9.17) is 0 Å². The summed E-state index contributed by atoms with van der Waals surface area (Å²) in [5.41, 5.74) is 0. The monoisotopic (exact) mass is 164 g/mol. The van der Waals surface area contributed by atoms with Gasteiger partial charge in [0.15, 0.2) is 0 Å². The highest BCUT2D eigenvalue weighted by atomic mass is 32.2. The predicted octanol–water partition coefficient (Wildman–Crippen LogP) is 1.65. The summed E-state index contributed by atoms with van der Waals surface area (Å²) in [6.45, 7) is 0. The molecule has 0 N–H and O–H groups in total. The molecule has 0 aliphatic carbocycles. The van der Waals surface area contributed by atoms with Gasteiger partial charge >= 0.3 is 0 Å². The Kier molecular flexibility index (Phi) is 1.90. The third kappa shape index (κ3) is 1.60. The van der Waals surface area contributed by atoms with Gasteiger partial charge in [-0.15, -0.1) is 11.8 Å². The van der Waals surface area contributed by atoms with E-state index in [0.29, 0.717) is 10.5 Å². The number of nitrogens with zero attached hydrogens (tertiary/aromatic N) is 2. The number of thioether (sulfide) groups is 1. The summed E-state index contributed by atoms with van der Waals surface area (Å²) >= 11 is 1.84. The largest absolute Gasteiger partial charge is 0.268 e. The van der Waals surface area contributed by atoms with Crippen LogP contribution < -0.4 is 0 Å². The highest BCUT2D eigenvalue weighted by Gasteiger charge is 2.12. The molecule has 2 nitrogen and oxygen atoms in total. The fraction of sp³-hybridized carbons (Fsp3) is 0.250. The zero-order valence-corrected chi connectivity index (χ0v) is 6.74. The van der Waals surface area contributed by atoms with E-state index in [0.717, 1.165) is 0 Å². The molecule has 0 saturated heterocycles. The Labute approximate surface area is 69.8 Å². The summed E-state index contributed by atoms with van der Waals surface area (Å²) in [6.07, 6.45) is 11.8. The molecule has 0 aromatic rings. The summed E-state index contributed by atoms with van der Waals surface area (Å²) in [4.78, 5) is 8.02. The standard InChI is InChI=1S/C8H8N2S/c1-3-9-5-7(1)11-8-2-4-10-6-8/h1-8H. The van der Waals surface area contributed by atoms with Crippen molar-refractivity contribution >= 4 is 24.2 Å².